The zero-order valence-corrected chi connectivity index (χ0v) is 6.47. The van der Waals surface area contributed by atoms with E-state index >= 15 is 0 Å². The Hall–Kier alpha value is -1.91. The van der Waals surface area contributed by atoms with Gasteiger partial charge in [0.1, 0.15) is 0 Å². The minimum absolute atomic E-state index is 0.0440. The largest absolute Gasteiger partial charge is 0.549 e. The highest BCUT2D eigenvalue weighted by atomic mass is 16.4. The molecule has 68 valence electrons. The van der Waals surface area contributed by atoms with Crippen molar-refractivity contribution in [1.82, 2.24) is 4.98 Å². The fourth-order valence-electron chi connectivity index (χ4n) is 0.915. The molecule has 0 amide bonds. The van der Waals surface area contributed by atoms with Gasteiger partial charge in [0, 0.05) is 12.4 Å². The van der Waals surface area contributed by atoms with E-state index in [9.17, 15) is 19.8 Å². The smallest absolute Gasteiger partial charge is 0.0647 e. The molecule has 13 heavy (non-hydrogen) atoms. The van der Waals surface area contributed by atoms with E-state index in [0.29, 0.717) is 0 Å². The van der Waals surface area contributed by atoms with E-state index in [0.717, 1.165) is 6.20 Å². The van der Waals surface area contributed by atoms with Gasteiger partial charge in [0.15, 0.2) is 0 Å². The minimum atomic E-state index is -1.76. The molecule has 0 unspecified atom stereocenters. The average Bonchev–Trinajstić information content (AvgIpc) is 2.04. The minimum Gasteiger partial charge on any atom is -0.549 e. The first-order valence-corrected chi connectivity index (χ1v) is 3.44. The van der Waals surface area contributed by atoms with Crippen molar-refractivity contribution >= 4 is 11.9 Å². The zero-order valence-electron chi connectivity index (χ0n) is 6.47. The second-order valence-corrected chi connectivity index (χ2v) is 2.36. The molecule has 0 spiro atoms. The lowest BCUT2D eigenvalue weighted by Gasteiger charge is -2.18. The van der Waals surface area contributed by atoms with E-state index in [4.69, 9.17) is 0 Å². The van der Waals surface area contributed by atoms with Crippen LogP contribution < -0.4 is 10.2 Å². The molecule has 1 aromatic rings. The van der Waals surface area contributed by atoms with Gasteiger partial charge >= 0.3 is 0 Å². The lowest BCUT2D eigenvalue weighted by Crippen LogP contribution is -2.41. The van der Waals surface area contributed by atoms with Crippen molar-refractivity contribution in [1.29, 1.82) is 0 Å². The number of carboxylic acids is 2. The quantitative estimate of drug-likeness (QED) is 0.485. The highest BCUT2D eigenvalue weighted by Crippen LogP contribution is 2.11. The molecule has 0 aliphatic carbocycles. The molecule has 0 fully saturated rings. The van der Waals surface area contributed by atoms with Gasteiger partial charge in [-0.3, -0.25) is 4.98 Å². The molecule has 0 aliphatic heterocycles. The second kappa shape index (κ2) is 3.66. The maximum absolute atomic E-state index is 10.4. The van der Waals surface area contributed by atoms with Crippen LogP contribution in [0.25, 0.3) is 0 Å². The first-order chi connectivity index (χ1) is 6.13. The number of carbonyl (C=O) groups is 2. The number of carboxylic acid groups (broad SMARTS) is 2. The highest BCUT2D eigenvalue weighted by Gasteiger charge is 2.13. The maximum atomic E-state index is 10.4. The van der Waals surface area contributed by atoms with Crippen molar-refractivity contribution in [2.24, 2.45) is 0 Å². The fraction of sp³-hybridized carbons (Fsp3) is 0.125. The highest BCUT2D eigenvalue weighted by molar-refractivity contribution is 5.96. The Morgan fingerprint density at radius 1 is 1.31 bits per heavy atom. The van der Waals surface area contributed by atoms with Crippen LogP contribution in [0.2, 0.25) is 0 Å². The Bertz CT molecular complexity index is 308. The Labute approximate surface area is 73.7 Å². The van der Waals surface area contributed by atoms with Crippen molar-refractivity contribution in [3.8, 4) is 0 Å². The molecule has 0 saturated heterocycles. The zero-order chi connectivity index (χ0) is 9.84. The number of aliphatic carboxylic acids is 2. The molecule has 0 aliphatic rings. The van der Waals surface area contributed by atoms with E-state index in [1.807, 2.05) is 0 Å². The molecule has 0 aromatic carbocycles. The number of pyridine rings is 1. The van der Waals surface area contributed by atoms with Crippen molar-refractivity contribution < 1.29 is 19.8 Å². The van der Waals surface area contributed by atoms with Crippen LogP contribution in [-0.2, 0) is 9.59 Å². The van der Waals surface area contributed by atoms with Gasteiger partial charge in [-0.15, -0.1) is 0 Å². The first kappa shape index (κ1) is 9.18. The summed E-state index contributed by atoms with van der Waals surface area (Å²) in [6.07, 6.45) is 2.56. The van der Waals surface area contributed by atoms with Gasteiger partial charge < -0.3 is 19.8 Å². The first-order valence-electron chi connectivity index (χ1n) is 3.44. The van der Waals surface area contributed by atoms with E-state index in [1.165, 1.54) is 18.3 Å². The third-order valence-electron chi connectivity index (χ3n) is 1.49. The summed E-state index contributed by atoms with van der Waals surface area (Å²) in [5.41, 5.74) is 0.0440. The maximum Gasteiger partial charge on any atom is 0.0647 e. The summed E-state index contributed by atoms with van der Waals surface area (Å²) in [6.45, 7) is 0. The van der Waals surface area contributed by atoms with Crippen molar-refractivity contribution in [2.45, 2.75) is 5.92 Å². The van der Waals surface area contributed by atoms with Crippen molar-refractivity contribution in [3.63, 3.8) is 0 Å². The summed E-state index contributed by atoms with van der Waals surface area (Å²) >= 11 is 0. The van der Waals surface area contributed by atoms with Crippen LogP contribution in [0.15, 0.2) is 24.5 Å². The number of aromatic nitrogens is 1. The molecule has 1 heterocycles. The summed E-state index contributed by atoms with van der Waals surface area (Å²) in [6, 6.07) is 2.78. The summed E-state index contributed by atoms with van der Waals surface area (Å²) in [5, 5.41) is 20.8. The fourth-order valence-corrected chi connectivity index (χ4v) is 0.915. The lowest BCUT2D eigenvalue weighted by molar-refractivity contribution is -0.326. The van der Waals surface area contributed by atoms with E-state index in [2.05, 4.69) is 4.98 Å². The van der Waals surface area contributed by atoms with Gasteiger partial charge in [-0.2, -0.15) is 0 Å². The van der Waals surface area contributed by atoms with Gasteiger partial charge in [-0.1, -0.05) is 6.07 Å². The van der Waals surface area contributed by atoms with Crippen molar-refractivity contribution in [3.05, 3.63) is 30.1 Å². The predicted octanol–water partition coefficient (Wildman–Crippen LogP) is -2.33. The average molecular weight is 179 g/mol. The van der Waals surface area contributed by atoms with Gasteiger partial charge in [0.05, 0.1) is 17.9 Å². The van der Waals surface area contributed by atoms with Crippen molar-refractivity contribution in [2.75, 3.05) is 0 Å². The van der Waals surface area contributed by atoms with E-state index in [-0.39, 0.29) is 5.56 Å². The molecule has 0 bridgehead atoms. The summed E-state index contributed by atoms with van der Waals surface area (Å²) in [7, 11) is 0. The standard InChI is InChI=1S/C8H7NO4/c10-7(11)6(8(12)13)5-2-1-3-9-4-5/h1-4,6H,(H,10,11)(H,12,13)/p-2. The van der Waals surface area contributed by atoms with Crippen LogP contribution in [0.5, 0.6) is 0 Å². The van der Waals surface area contributed by atoms with Crippen LogP contribution in [-0.4, -0.2) is 16.9 Å². The Morgan fingerprint density at radius 3 is 2.31 bits per heavy atom. The molecular weight excluding hydrogens is 174 g/mol. The third-order valence-corrected chi connectivity index (χ3v) is 1.49. The number of nitrogens with zero attached hydrogens (tertiary/aromatic N) is 1. The molecule has 0 atom stereocenters. The lowest BCUT2D eigenvalue weighted by atomic mass is 10.0. The molecule has 0 radical (unpaired) electrons. The van der Waals surface area contributed by atoms with Gasteiger partial charge in [-0.25, -0.2) is 0 Å². The number of hydrogen-bond donors (Lipinski definition) is 0. The SMILES string of the molecule is O=C([O-])C(C(=O)[O-])c1cccnc1. The van der Waals surface area contributed by atoms with E-state index in [1.54, 1.807) is 0 Å². The van der Waals surface area contributed by atoms with Gasteiger partial charge in [0.2, 0.25) is 0 Å². The molecule has 5 heteroatoms. The Balaban J connectivity index is 3.03. The van der Waals surface area contributed by atoms with Crippen LogP contribution in [0, 0.1) is 0 Å². The molecule has 1 aromatic heterocycles. The predicted molar refractivity (Wildman–Crippen MR) is 37.0 cm³/mol. The van der Waals surface area contributed by atoms with Crippen LogP contribution in [0.4, 0.5) is 0 Å². The summed E-state index contributed by atoms with van der Waals surface area (Å²) < 4.78 is 0. The summed E-state index contributed by atoms with van der Waals surface area (Å²) in [5.74, 6) is -5.16. The van der Waals surface area contributed by atoms with Gasteiger partial charge in [-0.05, 0) is 11.6 Å². The molecule has 0 saturated carbocycles. The summed E-state index contributed by atoms with van der Waals surface area (Å²) in [4.78, 5) is 24.4. The van der Waals surface area contributed by atoms with Crippen LogP contribution >= 0.6 is 0 Å². The Kier molecular flexibility index (Phi) is 2.59. The normalized spacial score (nSPS) is 9.92. The number of carbonyl (C=O) groups excluding carboxylic acids is 2. The molecular formula is C8H5NO4-2. The molecule has 5 nitrogen and oxygen atoms in total. The topological polar surface area (TPSA) is 93.1 Å². The number of hydrogen-bond acceptors (Lipinski definition) is 5. The molecule has 0 N–H and O–H groups in total. The second-order valence-electron chi connectivity index (χ2n) is 2.36. The monoisotopic (exact) mass is 179 g/mol. The van der Waals surface area contributed by atoms with Crippen LogP contribution in [0.3, 0.4) is 0 Å². The van der Waals surface area contributed by atoms with E-state index < -0.39 is 17.9 Å². The van der Waals surface area contributed by atoms with Gasteiger partial charge in [0.25, 0.3) is 0 Å². The van der Waals surface area contributed by atoms with Crippen LogP contribution in [0.1, 0.15) is 11.5 Å². The third kappa shape index (κ3) is 2.02. The number of rotatable bonds is 3. The Morgan fingerprint density at radius 2 is 1.92 bits per heavy atom. The molecule has 1 rings (SSSR count).